The summed E-state index contributed by atoms with van der Waals surface area (Å²) >= 11 is 1.83. The Morgan fingerprint density at radius 3 is 1.50 bits per heavy atom. The van der Waals surface area contributed by atoms with Crippen LogP contribution in [0.2, 0.25) is 0 Å². The molecule has 0 spiro atoms. The van der Waals surface area contributed by atoms with Crippen LogP contribution in [0, 0.1) is 0 Å². The lowest BCUT2D eigenvalue weighted by molar-refractivity contribution is 1.25. The molecule has 252 valence electrons. The van der Waals surface area contributed by atoms with E-state index in [1.54, 1.807) is 0 Å². The molecule has 0 aliphatic rings. The normalized spacial score (nSPS) is 11.7. The van der Waals surface area contributed by atoms with Crippen molar-refractivity contribution in [2.24, 2.45) is 0 Å². The van der Waals surface area contributed by atoms with Crippen molar-refractivity contribution in [2.75, 3.05) is 0 Å². The van der Waals surface area contributed by atoms with Crippen LogP contribution < -0.4 is 0 Å². The third kappa shape index (κ3) is 5.05. The summed E-state index contributed by atoms with van der Waals surface area (Å²) in [5.41, 5.74) is 15.1. The molecular weight excluding hydrogens is 673 g/mol. The van der Waals surface area contributed by atoms with E-state index in [2.05, 4.69) is 199 Å². The van der Waals surface area contributed by atoms with Crippen LogP contribution in [0.15, 0.2) is 194 Å². The van der Waals surface area contributed by atoms with Gasteiger partial charge in [0.25, 0.3) is 0 Å². The average molecular weight is 705 g/mol. The Labute approximate surface area is 316 Å². The predicted molar refractivity (Wildman–Crippen MR) is 230 cm³/mol. The molecule has 0 N–H and O–H groups in total. The second-order valence-electron chi connectivity index (χ2n) is 14.0. The van der Waals surface area contributed by atoms with Gasteiger partial charge >= 0.3 is 0 Å². The largest absolute Gasteiger partial charge is 0.291 e. The minimum Gasteiger partial charge on any atom is -0.291 e. The zero-order chi connectivity index (χ0) is 35.6. The molecule has 11 aromatic rings. The van der Waals surface area contributed by atoms with Crippen molar-refractivity contribution in [3.05, 3.63) is 194 Å². The summed E-state index contributed by atoms with van der Waals surface area (Å²) in [4.78, 5) is 5.37. The molecule has 0 fully saturated rings. The number of hydrogen-bond acceptors (Lipinski definition) is 2. The molecule has 0 amide bonds. The van der Waals surface area contributed by atoms with Crippen molar-refractivity contribution < 1.29 is 0 Å². The maximum absolute atomic E-state index is 5.37. The summed E-state index contributed by atoms with van der Waals surface area (Å²) in [6, 6.07) is 70.4. The standard InChI is InChI=1S/C51H32N2S/c1-3-11-33(12-4-1)40-29-41(34-13-5-2-6-14-34)31-42(30-40)37-21-19-35(20-22-37)36-23-25-39(26-24-36)47-32-45-44-17-9-10-18-48(44)54-50(45)51-52-49-43-16-8-7-15-38(43)27-28-46(49)53(47)51/h1-32H. The molecule has 0 aliphatic carbocycles. The minimum absolute atomic E-state index is 1.02. The summed E-state index contributed by atoms with van der Waals surface area (Å²) in [5, 5.41) is 4.92. The van der Waals surface area contributed by atoms with Gasteiger partial charge in [-0.05, 0) is 91.9 Å². The fourth-order valence-corrected chi connectivity index (χ4v) is 9.24. The summed E-state index contributed by atoms with van der Waals surface area (Å²) < 4.78 is 4.88. The van der Waals surface area contributed by atoms with Crippen LogP contribution in [0.4, 0.5) is 0 Å². The highest BCUT2D eigenvalue weighted by molar-refractivity contribution is 7.26. The topological polar surface area (TPSA) is 17.3 Å². The minimum atomic E-state index is 1.02. The Kier molecular flexibility index (Phi) is 7.07. The first-order valence-electron chi connectivity index (χ1n) is 18.4. The van der Waals surface area contributed by atoms with Crippen LogP contribution in [0.1, 0.15) is 0 Å². The van der Waals surface area contributed by atoms with Gasteiger partial charge in [-0.25, -0.2) is 4.98 Å². The van der Waals surface area contributed by atoms with Crippen molar-refractivity contribution in [2.45, 2.75) is 0 Å². The number of pyridine rings is 1. The second kappa shape index (κ2) is 12.4. The molecule has 11 rings (SSSR count). The molecule has 0 saturated carbocycles. The Bertz CT molecular complexity index is 3120. The van der Waals surface area contributed by atoms with Gasteiger partial charge in [0, 0.05) is 20.9 Å². The van der Waals surface area contributed by atoms with E-state index in [0.717, 1.165) is 27.9 Å². The Hall–Kier alpha value is -6.81. The smallest absolute Gasteiger partial charge is 0.156 e. The van der Waals surface area contributed by atoms with Crippen molar-refractivity contribution in [3.8, 4) is 55.8 Å². The van der Waals surface area contributed by atoms with Crippen molar-refractivity contribution in [1.82, 2.24) is 9.38 Å². The van der Waals surface area contributed by atoms with E-state index in [9.17, 15) is 0 Å². The first-order valence-corrected chi connectivity index (χ1v) is 19.2. The van der Waals surface area contributed by atoms with Crippen molar-refractivity contribution >= 4 is 59.0 Å². The highest BCUT2D eigenvalue weighted by Crippen LogP contribution is 2.42. The fraction of sp³-hybridized carbons (Fsp3) is 0. The van der Waals surface area contributed by atoms with Gasteiger partial charge in [-0.1, -0.05) is 158 Å². The maximum atomic E-state index is 5.37. The summed E-state index contributed by atoms with van der Waals surface area (Å²) in [5.74, 6) is 0. The molecule has 3 heterocycles. The fourth-order valence-electron chi connectivity index (χ4n) is 8.07. The van der Waals surface area contributed by atoms with E-state index in [1.165, 1.54) is 75.5 Å². The van der Waals surface area contributed by atoms with Gasteiger partial charge in [0.15, 0.2) is 5.65 Å². The molecule has 0 aliphatic heterocycles. The maximum Gasteiger partial charge on any atom is 0.156 e. The molecule has 3 aromatic heterocycles. The number of thiophene rings is 1. The molecule has 54 heavy (non-hydrogen) atoms. The first kappa shape index (κ1) is 30.8. The molecule has 8 aromatic carbocycles. The highest BCUT2D eigenvalue weighted by Gasteiger charge is 2.19. The molecule has 2 nitrogen and oxygen atoms in total. The van der Waals surface area contributed by atoms with E-state index in [-0.39, 0.29) is 0 Å². The highest BCUT2D eigenvalue weighted by atomic mass is 32.1. The molecule has 0 unspecified atom stereocenters. The molecule has 0 atom stereocenters. The summed E-state index contributed by atoms with van der Waals surface area (Å²) in [6.45, 7) is 0. The molecule has 0 radical (unpaired) electrons. The number of hydrogen-bond donors (Lipinski definition) is 0. The van der Waals surface area contributed by atoms with Crippen LogP contribution in [-0.2, 0) is 0 Å². The third-order valence-corrected chi connectivity index (χ3v) is 12.0. The molecule has 3 heteroatoms. The van der Waals surface area contributed by atoms with Gasteiger partial charge < -0.3 is 0 Å². The van der Waals surface area contributed by atoms with Gasteiger partial charge in [-0.15, -0.1) is 11.3 Å². The zero-order valence-electron chi connectivity index (χ0n) is 29.3. The summed E-state index contributed by atoms with van der Waals surface area (Å²) in [7, 11) is 0. The van der Waals surface area contributed by atoms with E-state index in [1.807, 2.05) is 11.3 Å². The van der Waals surface area contributed by atoms with Gasteiger partial charge in [0.2, 0.25) is 0 Å². The van der Waals surface area contributed by atoms with E-state index < -0.39 is 0 Å². The SMILES string of the molecule is c1ccc(-c2cc(-c3ccccc3)cc(-c3ccc(-c4ccc(-c5cc6c7ccccc7sc6c6nc7c8ccccc8ccc7n56)cc4)cc3)c2)cc1. The van der Waals surface area contributed by atoms with Crippen LogP contribution in [0.25, 0.3) is 103 Å². The summed E-state index contributed by atoms with van der Waals surface area (Å²) in [6.07, 6.45) is 0. The lowest BCUT2D eigenvalue weighted by Gasteiger charge is -2.12. The van der Waals surface area contributed by atoms with Crippen LogP contribution >= 0.6 is 11.3 Å². The average Bonchev–Trinajstić information content (AvgIpc) is 3.83. The van der Waals surface area contributed by atoms with Gasteiger partial charge in [-0.2, -0.15) is 0 Å². The van der Waals surface area contributed by atoms with Crippen molar-refractivity contribution in [1.29, 1.82) is 0 Å². The van der Waals surface area contributed by atoms with Crippen LogP contribution in [0.5, 0.6) is 0 Å². The second-order valence-corrected chi connectivity index (χ2v) is 15.0. The van der Waals surface area contributed by atoms with Crippen LogP contribution in [0.3, 0.4) is 0 Å². The van der Waals surface area contributed by atoms with Gasteiger partial charge in [-0.3, -0.25) is 4.40 Å². The molecular formula is C51H32N2S. The molecule has 0 saturated heterocycles. The number of benzene rings is 8. The van der Waals surface area contributed by atoms with Crippen molar-refractivity contribution in [3.63, 3.8) is 0 Å². The number of fused-ring (bicyclic) bond motifs is 9. The number of rotatable bonds is 5. The van der Waals surface area contributed by atoms with E-state index in [4.69, 9.17) is 4.98 Å². The lowest BCUT2D eigenvalue weighted by atomic mass is 9.92. The van der Waals surface area contributed by atoms with Crippen LogP contribution in [-0.4, -0.2) is 9.38 Å². The van der Waals surface area contributed by atoms with Gasteiger partial charge in [0.05, 0.1) is 21.4 Å². The number of aromatic nitrogens is 2. The Morgan fingerprint density at radius 2 is 0.870 bits per heavy atom. The predicted octanol–water partition coefficient (Wildman–Crippen LogP) is 14.3. The lowest BCUT2D eigenvalue weighted by Crippen LogP contribution is -1.93. The quantitative estimate of drug-likeness (QED) is 0.174. The zero-order valence-corrected chi connectivity index (χ0v) is 30.1. The van der Waals surface area contributed by atoms with Gasteiger partial charge in [0.1, 0.15) is 0 Å². The number of nitrogens with zero attached hydrogens (tertiary/aromatic N) is 2. The van der Waals surface area contributed by atoms with E-state index >= 15 is 0 Å². The third-order valence-electron chi connectivity index (χ3n) is 10.8. The monoisotopic (exact) mass is 704 g/mol. The number of imidazole rings is 1. The Morgan fingerprint density at radius 1 is 0.370 bits per heavy atom. The first-order chi connectivity index (χ1) is 26.7. The van der Waals surface area contributed by atoms with E-state index in [0.29, 0.717) is 0 Å². The molecule has 0 bridgehead atoms. The Balaban J connectivity index is 1.00.